The van der Waals surface area contributed by atoms with E-state index in [9.17, 15) is 0 Å². The minimum atomic E-state index is 0.604. The van der Waals surface area contributed by atoms with Crippen molar-refractivity contribution in [2.24, 2.45) is 0 Å². The summed E-state index contributed by atoms with van der Waals surface area (Å²) in [5.41, 5.74) is 0.643. The van der Waals surface area contributed by atoms with Crippen LogP contribution >= 0.6 is 11.8 Å². The average Bonchev–Trinajstić information content (AvgIpc) is 3.23. The van der Waals surface area contributed by atoms with Gasteiger partial charge in [0, 0.05) is 11.8 Å². The summed E-state index contributed by atoms with van der Waals surface area (Å²) in [7, 11) is 0. The van der Waals surface area contributed by atoms with Crippen LogP contribution in [0, 0.1) is 11.3 Å². The van der Waals surface area contributed by atoms with Crippen LogP contribution in [0.1, 0.15) is 24.4 Å². The molecule has 1 aromatic heterocycles. The van der Waals surface area contributed by atoms with E-state index < -0.39 is 0 Å². The van der Waals surface area contributed by atoms with Crippen molar-refractivity contribution in [1.29, 1.82) is 5.26 Å². The summed E-state index contributed by atoms with van der Waals surface area (Å²) in [4.78, 5) is 0. The van der Waals surface area contributed by atoms with Gasteiger partial charge in [-0.2, -0.15) is 5.26 Å². The molecular weight excluding hydrogens is 272 g/mol. The molecule has 1 heterocycles. The van der Waals surface area contributed by atoms with Gasteiger partial charge in [0.1, 0.15) is 12.1 Å². The molecule has 3 rings (SSSR count). The standard InChI is InChI=1S/C14H14N4OS/c15-9-11-1-5-13(6-2-11)19-7-8-20-14-17-16-10-18(14)12-3-4-12/h1-2,5-6,10,12H,3-4,7-8H2. The van der Waals surface area contributed by atoms with Crippen LogP contribution < -0.4 is 4.74 Å². The smallest absolute Gasteiger partial charge is 0.191 e. The summed E-state index contributed by atoms with van der Waals surface area (Å²) in [6.45, 7) is 0.605. The molecule has 102 valence electrons. The molecule has 1 aliphatic rings. The summed E-state index contributed by atoms with van der Waals surface area (Å²) >= 11 is 1.66. The van der Waals surface area contributed by atoms with Gasteiger partial charge in [-0.1, -0.05) is 11.8 Å². The first-order valence-electron chi connectivity index (χ1n) is 6.52. The van der Waals surface area contributed by atoms with E-state index in [2.05, 4.69) is 20.8 Å². The van der Waals surface area contributed by atoms with Crippen LogP contribution in [0.2, 0.25) is 0 Å². The molecule has 6 heteroatoms. The Morgan fingerprint density at radius 3 is 2.85 bits per heavy atom. The zero-order chi connectivity index (χ0) is 13.8. The number of nitriles is 1. The Kier molecular flexibility index (Phi) is 3.88. The van der Waals surface area contributed by atoms with Crippen LogP contribution in [0.15, 0.2) is 35.7 Å². The Morgan fingerprint density at radius 1 is 1.35 bits per heavy atom. The van der Waals surface area contributed by atoms with Gasteiger partial charge in [0.2, 0.25) is 0 Å². The number of thioether (sulfide) groups is 1. The Morgan fingerprint density at radius 2 is 2.15 bits per heavy atom. The van der Waals surface area contributed by atoms with Crippen molar-refractivity contribution in [1.82, 2.24) is 14.8 Å². The normalized spacial score (nSPS) is 13.9. The summed E-state index contributed by atoms with van der Waals surface area (Å²) in [6.07, 6.45) is 4.27. The third kappa shape index (κ3) is 3.11. The molecule has 20 heavy (non-hydrogen) atoms. The molecule has 0 amide bonds. The fraction of sp³-hybridized carbons (Fsp3) is 0.357. The molecule has 1 fully saturated rings. The van der Waals surface area contributed by atoms with E-state index in [4.69, 9.17) is 10.00 Å². The van der Waals surface area contributed by atoms with Crippen molar-refractivity contribution in [3.8, 4) is 11.8 Å². The van der Waals surface area contributed by atoms with E-state index >= 15 is 0 Å². The first-order valence-corrected chi connectivity index (χ1v) is 7.50. The molecular formula is C14H14N4OS. The van der Waals surface area contributed by atoms with Gasteiger partial charge in [-0.3, -0.25) is 0 Å². The van der Waals surface area contributed by atoms with Crippen molar-refractivity contribution < 1.29 is 4.74 Å². The van der Waals surface area contributed by atoms with E-state index in [0.29, 0.717) is 18.2 Å². The lowest BCUT2D eigenvalue weighted by molar-refractivity contribution is 0.344. The molecule has 0 spiro atoms. The molecule has 0 saturated heterocycles. The predicted molar refractivity (Wildman–Crippen MR) is 75.7 cm³/mol. The highest BCUT2D eigenvalue weighted by atomic mass is 32.2. The van der Waals surface area contributed by atoms with E-state index in [0.717, 1.165) is 16.7 Å². The van der Waals surface area contributed by atoms with Gasteiger partial charge in [0.05, 0.1) is 18.2 Å². The van der Waals surface area contributed by atoms with Gasteiger partial charge < -0.3 is 9.30 Å². The largest absolute Gasteiger partial charge is 0.493 e. The number of nitrogens with zero attached hydrogens (tertiary/aromatic N) is 4. The number of benzene rings is 1. The van der Waals surface area contributed by atoms with Crippen LogP contribution in [0.3, 0.4) is 0 Å². The molecule has 1 aromatic carbocycles. The number of aromatic nitrogens is 3. The molecule has 0 bridgehead atoms. The Balaban J connectivity index is 1.45. The molecule has 1 aliphatic carbocycles. The summed E-state index contributed by atoms with van der Waals surface area (Å²) < 4.78 is 7.78. The zero-order valence-electron chi connectivity index (χ0n) is 10.9. The summed E-state index contributed by atoms with van der Waals surface area (Å²) in [6, 6.07) is 9.83. The van der Waals surface area contributed by atoms with Gasteiger partial charge in [-0.25, -0.2) is 0 Å². The molecule has 0 atom stereocenters. The van der Waals surface area contributed by atoms with Crippen LogP contribution in [-0.4, -0.2) is 27.1 Å². The second-order valence-corrected chi connectivity index (χ2v) is 5.65. The molecule has 2 aromatic rings. The van der Waals surface area contributed by atoms with E-state index in [1.165, 1.54) is 12.8 Å². The van der Waals surface area contributed by atoms with E-state index in [1.54, 1.807) is 23.9 Å². The molecule has 0 aliphatic heterocycles. The van der Waals surface area contributed by atoms with E-state index in [-0.39, 0.29) is 0 Å². The quantitative estimate of drug-likeness (QED) is 0.603. The van der Waals surface area contributed by atoms with Crippen LogP contribution in [0.4, 0.5) is 0 Å². The third-order valence-corrected chi connectivity index (χ3v) is 3.97. The molecule has 0 unspecified atom stereocenters. The van der Waals surface area contributed by atoms with Crippen molar-refractivity contribution in [3.63, 3.8) is 0 Å². The summed E-state index contributed by atoms with van der Waals surface area (Å²) in [5, 5.41) is 17.8. The first-order chi connectivity index (χ1) is 9.86. The van der Waals surface area contributed by atoms with Crippen LogP contribution in [0.5, 0.6) is 5.75 Å². The minimum Gasteiger partial charge on any atom is -0.493 e. The molecule has 0 radical (unpaired) electrons. The van der Waals surface area contributed by atoms with Crippen molar-refractivity contribution >= 4 is 11.8 Å². The molecule has 0 N–H and O–H groups in total. The Labute approximate surface area is 121 Å². The average molecular weight is 286 g/mol. The van der Waals surface area contributed by atoms with Crippen LogP contribution in [0.25, 0.3) is 0 Å². The SMILES string of the molecule is N#Cc1ccc(OCCSc2nncn2C2CC2)cc1. The van der Waals surface area contributed by atoms with Crippen molar-refractivity contribution in [3.05, 3.63) is 36.2 Å². The lowest BCUT2D eigenvalue weighted by atomic mass is 10.2. The lowest BCUT2D eigenvalue weighted by Gasteiger charge is -2.06. The fourth-order valence-electron chi connectivity index (χ4n) is 1.86. The third-order valence-electron chi connectivity index (χ3n) is 3.05. The van der Waals surface area contributed by atoms with Crippen LogP contribution in [-0.2, 0) is 0 Å². The maximum atomic E-state index is 8.71. The predicted octanol–water partition coefficient (Wildman–Crippen LogP) is 2.66. The fourth-order valence-corrected chi connectivity index (χ4v) is 2.66. The number of hydrogen-bond donors (Lipinski definition) is 0. The second kappa shape index (κ2) is 5.97. The topological polar surface area (TPSA) is 63.7 Å². The highest BCUT2D eigenvalue weighted by Gasteiger charge is 2.26. The maximum Gasteiger partial charge on any atom is 0.191 e. The van der Waals surface area contributed by atoms with Crippen molar-refractivity contribution in [2.75, 3.05) is 12.4 Å². The number of hydrogen-bond acceptors (Lipinski definition) is 5. The second-order valence-electron chi connectivity index (χ2n) is 4.59. The molecule has 5 nitrogen and oxygen atoms in total. The highest BCUT2D eigenvalue weighted by molar-refractivity contribution is 7.99. The van der Waals surface area contributed by atoms with Gasteiger partial charge in [0.15, 0.2) is 5.16 Å². The monoisotopic (exact) mass is 286 g/mol. The highest BCUT2D eigenvalue weighted by Crippen LogP contribution is 2.37. The Bertz CT molecular complexity index is 613. The molecule has 1 saturated carbocycles. The Hall–Kier alpha value is -2.00. The van der Waals surface area contributed by atoms with Gasteiger partial charge in [-0.15, -0.1) is 10.2 Å². The summed E-state index contributed by atoms with van der Waals surface area (Å²) in [5.74, 6) is 1.61. The van der Waals surface area contributed by atoms with Gasteiger partial charge in [-0.05, 0) is 37.1 Å². The van der Waals surface area contributed by atoms with Gasteiger partial charge >= 0.3 is 0 Å². The van der Waals surface area contributed by atoms with Gasteiger partial charge in [0.25, 0.3) is 0 Å². The van der Waals surface area contributed by atoms with E-state index in [1.807, 2.05) is 18.5 Å². The van der Waals surface area contributed by atoms with Crippen molar-refractivity contribution in [2.45, 2.75) is 24.0 Å². The number of ether oxygens (including phenoxy) is 1. The zero-order valence-corrected chi connectivity index (χ0v) is 11.7. The minimum absolute atomic E-state index is 0.604. The lowest BCUT2D eigenvalue weighted by Crippen LogP contribution is -2.02. The number of rotatable bonds is 6. The maximum absolute atomic E-state index is 8.71. The first kappa shape index (κ1) is 13.0.